The van der Waals surface area contributed by atoms with Crippen molar-refractivity contribution in [2.75, 3.05) is 12.4 Å². The van der Waals surface area contributed by atoms with Crippen molar-refractivity contribution in [3.63, 3.8) is 0 Å². The van der Waals surface area contributed by atoms with Gasteiger partial charge >= 0.3 is 0 Å². The van der Waals surface area contributed by atoms with E-state index >= 15 is 0 Å². The first-order valence-corrected chi connectivity index (χ1v) is 6.13. The molecular weight excluding hydrogens is 260 g/mol. The highest BCUT2D eigenvalue weighted by molar-refractivity contribution is 6.32. The molecule has 0 atom stereocenters. The van der Waals surface area contributed by atoms with Crippen molar-refractivity contribution < 1.29 is 4.74 Å². The lowest BCUT2D eigenvalue weighted by molar-refractivity contribution is 0.412. The minimum atomic E-state index is 0.442. The van der Waals surface area contributed by atoms with E-state index in [1.165, 1.54) is 0 Å². The van der Waals surface area contributed by atoms with E-state index in [0.29, 0.717) is 16.3 Å². The average molecular weight is 273 g/mol. The lowest BCUT2D eigenvalue weighted by atomic mass is 10.1. The molecule has 3 nitrogen and oxygen atoms in total. The van der Waals surface area contributed by atoms with Gasteiger partial charge in [0.1, 0.15) is 11.8 Å². The maximum Gasteiger partial charge on any atom is 0.121 e. The Morgan fingerprint density at radius 3 is 2.68 bits per heavy atom. The Bertz CT molecular complexity index is 647. The minimum Gasteiger partial charge on any atom is -0.496 e. The summed E-state index contributed by atoms with van der Waals surface area (Å²) in [5.74, 6) is 0.831. The molecule has 0 spiro atoms. The highest BCUT2D eigenvalue weighted by atomic mass is 35.5. The zero-order valence-corrected chi connectivity index (χ0v) is 11.5. The van der Waals surface area contributed by atoms with E-state index in [1.54, 1.807) is 13.2 Å². The number of ether oxygens (including phenoxy) is 1. The lowest BCUT2D eigenvalue weighted by Crippen LogP contribution is -1.95. The number of nitrogens with one attached hydrogen (secondary N) is 1. The zero-order valence-electron chi connectivity index (χ0n) is 10.7. The molecule has 1 N–H and O–H groups in total. The van der Waals surface area contributed by atoms with Crippen LogP contribution in [0.15, 0.2) is 36.4 Å². The molecule has 96 valence electrons. The number of anilines is 2. The van der Waals surface area contributed by atoms with Crippen molar-refractivity contribution in [2.45, 2.75) is 6.92 Å². The fourth-order valence-electron chi connectivity index (χ4n) is 1.85. The van der Waals surface area contributed by atoms with Gasteiger partial charge in [0.25, 0.3) is 0 Å². The van der Waals surface area contributed by atoms with Crippen LogP contribution < -0.4 is 10.1 Å². The van der Waals surface area contributed by atoms with Crippen LogP contribution >= 0.6 is 11.6 Å². The molecule has 2 aromatic carbocycles. The van der Waals surface area contributed by atoms with E-state index in [2.05, 4.69) is 11.4 Å². The Labute approximate surface area is 117 Å². The fourth-order valence-corrected chi connectivity index (χ4v) is 2.07. The zero-order chi connectivity index (χ0) is 13.8. The van der Waals surface area contributed by atoms with Gasteiger partial charge in [0.15, 0.2) is 0 Å². The molecule has 0 bridgehead atoms. The second-order valence-corrected chi connectivity index (χ2v) is 4.49. The number of aryl methyl sites for hydroxylation is 1. The molecule has 2 rings (SSSR count). The SMILES string of the molecule is COc1ccc(Nc2cccc(Cl)c2C#N)cc1C. The molecule has 0 aliphatic heterocycles. The first-order chi connectivity index (χ1) is 9.15. The van der Waals surface area contributed by atoms with Gasteiger partial charge in [-0.1, -0.05) is 17.7 Å². The lowest BCUT2D eigenvalue weighted by Gasteiger charge is -2.11. The number of methoxy groups -OCH3 is 1. The molecule has 2 aromatic rings. The number of benzene rings is 2. The molecule has 0 unspecified atom stereocenters. The summed E-state index contributed by atoms with van der Waals surface area (Å²) in [4.78, 5) is 0. The number of nitriles is 1. The Morgan fingerprint density at radius 1 is 1.26 bits per heavy atom. The van der Waals surface area contributed by atoms with Crippen LogP contribution in [0.5, 0.6) is 5.75 Å². The molecular formula is C15H13ClN2O. The van der Waals surface area contributed by atoms with Gasteiger partial charge in [-0.2, -0.15) is 5.26 Å². The van der Waals surface area contributed by atoms with Gasteiger partial charge < -0.3 is 10.1 Å². The summed E-state index contributed by atoms with van der Waals surface area (Å²) < 4.78 is 5.21. The third kappa shape index (κ3) is 2.81. The summed E-state index contributed by atoms with van der Waals surface area (Å²) >= 11 is 5.99. The Morgan fingerprint density at radius 2 is 2.05 bits per heavy atom. The van der Waals surface area contributed by atoms with Crippen LogP contribution in [0.25, 0.3) is 0 Å². The van der Waals surface area contributed by atoms with Crippen molar-refractivity contribution in [2.24, 2.45) is 0 Å². The molecule has 0 aliphatic rings. The third-order valence-electron chi connectivity index (χ3n) is 2.80. The van der Waals surface area contributed by atoms with Gasteiger partial charge in [-0.15, -0.1) is 0 Å². The van der Waals surface area contributed by atoms with E-state index in [4.69, 9.17) is 21.6 Å². The molecule has 0 saturated heterocycles. The van der Waals surface area contributed by atoms with Crippen molar-refractivity contribution >= 4 is 23.0 Å². The third-order valence-corrected chi connectivity index (χ3v) is 3.11. The number of halogens is 1. The number of nitrogens with zero attached hydrogens (tertiary/aromatic N) is 1. The summed E-state index contributed by atoms with van der Waals surface area (Å²) in [6, 6.07) is 13.2. The highest BCUT2D eigenvalue weighted by Crippen LogP contribution is 2.28. The molecule has 0 saturated carbocycles. The van der Waals surface area contributed by atoms with Crippen LogP contribution in [0.1, 0.15) is 11.1 Å². The van der Waals surface area contributed by atoms with Crippen molar-refractivity contribution in [1.82, 2.24) is 0 Å². The highest BCUT2D eigenvalue weighted by Gasteiger charge is 2.07. The predicted octanol–water partition coefficient (Wildman–Crippen LogP) is 4.27. The molecule has 0 heterocycles. The molecule has 0 radical (unpaired) electrons. The quantitative estimate of drug-likeness (QED) is 0.907. The van der Waals surface area contributed by atoms with Crippen LogP contribution in [0.3, 0.4) is 0 Å². The fraction of sp³-hybridized carbons (Fsp3) is 0.133. The largest absolute Gasteiger partial charge is 0.496 e. The van der Waals surface area contributed by atoms with Crippen LogP contribution in [0.4, 0.5) is 11.4 Å². The Balaban J connectivity index is 2.34. The van der Waals surface area contributed by atoms with Gasteiger partial charge in [-0.05, 0) is 42.8 Å². The second-order valence-electron chi connectivity index (χ2n) is 4.08. The second kappa shape index (κ2) is 5.64. The van der Waals surface area contributed by atoms with Crippen molar-refractivity contribution in [3.05, 3.63) is 52.5 Å². The van der Waals surface area contributed by atoms with Gasteiger partial charge in [-0.25, -0.2) is 0 Å². The van der Waals surface area contributed by atoms with E-state index in [9.17, 15) is 0 Å². The van der Waals surface area contributed by atoms with Gasteiger partial charge in [-0.3, -0.25) is 0 Å². The molecule has 0 aromatic heterocycles. The smallest absolute Gasteiger partial charge is 0.121 e. The number of rotatable bonds is 3. The van der Waals surface area contributed by atoms with Crippen molar-refractivity contribution in [1.29, 1.82) is 5.26 Å². The average Bonchev–Trinajstić information content (AvgIpc) is 2.39. The summed E-state index contributed by atoms with van der Waals surface area (Å²) in [6.07, 6.45) is 0. The van der Waals surface area contributed by atoms with Gasteiger partial charge in [0.05, 0.1) is 23.4 Å². The standard InChI is InChI=1S/C15H13ClN2O/c1-10-8-11(6-7-15(10)19-2)18-14-5-3-4-13(16)12(14)9-17/h3-8,18H,1-2H3. The van der Waals surface area contributed by atoms with Gasteiger partial charge in [0.2, 0.25) is 0 Å². The molecule has 0 fully saturated rings. The molecule has 4 heteroatoms. The topological polar surface area (TPSA) is 45.0 Å². The minimum absolute atomic E-state index is 0.442. The van der Waals surface area contributed by atoms with Crippen molar-refractivity contribution in [3.8, 4) is 11.8 Å². The molecule has 0 aliphatic carbocycles. The first kappa shape index (κ1) is 13.3. The summed E-state index contributed by atoms with van der Waals surface area (Å²) in [6.45, 7) is 1.97. The van der Waals surface area contributed by atoms with Crippen LogP contribution in [-0.4, -0.2) is 7.11 Å². The summed E-state index contributed by atoms with van der Waals surface area (Å²) in [7, 11) is 1.64. The van der Waals surface area contributed by atoms with Gasteiger partial charge in [0, 0.05) is 5.69 Å². The van der Waals surface area contributed by atoms with E-state index in [0.717, 1.165) is 17.0 Å². The maximum absolute atomic E-state index is 9.12. The summed E-state index contributed by atoms with van der Waals surface area (Å²) in [5, 5.41) is 12.8. The molecule has 0 amide bonds. The Kier molecular flexibility index (Phi) is 3.94. The number of hydrogen-bond donors (Lipinski definition) is 1. The van der Waals surface area contributed by atoms with E-state index in [-0.39, 0.29) is 0 Å². The number of hydrogen-bond acceptors (Lipinski definition) is 3. The van der Waals surface area contributed by atoms with Crippen LogP contribution in [0.2, 0.25) is 5.02 Å². The first-order valence-electron chi connectivity index (χ1n) is 5.76. The van der Waals surface area contributed by atoms with Crippen LogP contribution in [-0.2, 0) is 0 Å². The van der Waals surface area contributed by atoms with Crippen LogP contribution in [0, 0.1) is 18.3 Å². The predicted molar refractivity (Wildman–Crippen MR) is 77.2 cm³/mol. The maximum atomic E-state index is 9.12. The van der Waals surface area contributed by atoms with E-state index < -0.39 is 0 Å². The monoisotopic (exact) mass is 272 g/mol. The molecule has 19 heavy (non-hydrogen) atoms. The Hall–Kier alpha value is -2.18. The normalized spacial score (nSPS) is 9.79. The van der Waals surface area contributed by atoms with E-state index in [1.807, 2.05) is 37.3 Å². The summed E-state index contributed by atoms with van der Waals surface area (Å²) in [5.41, 5.74) is 3.04.